The van der Waals surface area contributed by atoms with Gasteiger partial charge >= 0.3 is 0 Å². The summed E-state index contributed by atoms with van der Waals surface area (Å²) in [6, 6.07) is 9.04. The second kappa shape index (κ2) is 7.16. The molecule has 1 saturated carbocycles. The predicted octanol–water partition coefficient (Wildman–Crippen LogP) is 4.44. The monoisotopic (exact) mass is 265 g/mol. The first-order valence-corrected chi connectivity index (χ1v) is 7.65. The molecule has 1 aromatic rings. The van der Waals surface area contributed by atoms with E-state index in [0.29, 0.717) is 6.04 Å². The number of hydrogen-bond donors (Lipinski definition) is 1. The quantitative estimate of drug-likeness (QED) is 0.794. The fraction of sp³-hybridized carbons (Fsp3) is 0.625. The number of rotatable bonds is 4. The number of hydrogen-bond acceptors (Lipinski definition) is 1. The van der Waals surface area contributed by atoms with Crippen molar-refractivity contribution >= 4 is 11.6 Å². The minimum atomic E-state index is 0.691. The fourth-order valence-electron chi connectivity index (χ4n) is 3.13. The van der Waals surface area contributed by atoms with Crippen molar-refractivity contribution in [1.82, 2.24) is 5.32 Å². The third kappa shape index (κ3) is 4.00. The van der Waals surface area contributed by atoms with Gasteiger partial charge in [-0.2, -0.15) is 0 Å². The lowest BCUT2D eigenvalue weighted by molar-refractivity contribution is 0.337. The predicted molar refractivity (Wildman–Crippen MR) is 79.2 cm³/mol. The zero-order valence-corrected chi connectivity index (χ0v) is 12.0. The van der Waals surface area contributed by atoms with Crippen LogP contribution in [0.3, 0.4) is 0 Å². The minimum absolute atomic E-state index is 0.691. The van der Waals surface area contributed by atoms with Crippen LogP contribution in [0.5, 0.6) is 0 Å². The maximum absolute atomic E-state index is 6.08. The Morgan fingerprint density at radius 3 is 2.83 bits per heavy atom. The highest BCUT2D eigenvalue weighted by Crippen LogP contribution is 2.27. The van der Waals surface area contributed by atoms with E-state index in [9.17, 15) is 0 Å². The molecule has 1 nitrogen and oxygen atoms in total. The van der Waals surface area contributed by atoms with Gasteiger partial charge < -0.3 is 5.32 Å². The largest absolute Gasteiger partial charge is 0.314 e. The zero-order chi connectivity index (χ0) is 12.8. The van der Waals surface area contributed by atoms with Crippen molar-refractivity contribution < 1.29 is 0 Å². The van der Waals surface area contributed by atoms with Crippen LogP contribution in [0, 0.1) is 5.92 Å². The number of nitrogens with one attached hydrogen (secondary N) is 1. The van der Waals surface area contributed by atoms with Gasteiger partial charge in [-0.3, -0.25) is 0 Å². The molecule has 1 aliphatic rings. The van der Waals surface area contributed by atoms with Crippen molar-refractivity contribution in [3.05, 3.63) is 34.9 Å². The first-order valence-electron chi connectivity index (χ1n) is 7.27. The van der Waals surface area contributed by atoms with Crippen LogP contribution in [0.2, 0.25) is 5.02 Å². The molecule has 0 heterocycles. The summed E-state index contributed by atoms with van der Waals surface area (Å²) in [6.07, 6.45) is 8.01. The molecule has 18 heavy (non-hydrogen) atoms. The first kappa shape index (κ1) is 13.9. The highest BCUT2D eigenvalue weighted by atomic mass is 35.5. The molecule has 100 valence electrons. The van der Waals surface area contributed by atoms with Crippen molar-refractivity contribution in [2.75, 3.05) is 6.54 Å². The highest BCUT2D eigenvalue weighted by molar-refractivity contribution is 6.30. The normalized spacial score (nSPS) is 24.8. The molecule has 2 heteroatoms. The summed E-state index contributed by atoms with van der Waals surface area (Å²) >= 11 is 6.08. The zero-order valence-electron chi connectivity index (χ0n) is 11.3. The molecular weight excluding hydrogens is 242 g/mol. The van der Waals surface area contributed by atoms with E-state index in [0.717, 1.165) is 23.9 Å². The maximum atomic E-state index is 6.08. The van der Waals surface area contributed by atoms with Gasteiger partial charge in [0.2, 0.25) is 0 Å². The molecule has 1 aromatic carbocycles. The Labute approximate surface area is 116 Å². The SMILES string of the molecule is CCNC1CCCCCC1Cc1cccc(Cl)c1. The van der Waals surface area contributed by atoms with Gasteiger partial charge in [0.25, 0.3) is 0 Å². The Hall–Kier alpha value is -0.530. The lowest BCUT2D eigenvalue weighted by Crippen LogP contribution is -2.36. The number of benzene rings is 1. The summed E-state index contributed by atoms with van der Waals surface area (Å²) in [5.74, 6) is 0.769. The molecule has 1 N–H and O–H groups in total. The molecule has 2 unspecified atom stereocenters. The highest BCUT2D eigenvalue weighted by Gasteiger charge is 2.22. The third-order valence-corrected chi connectivity index (χ3v) is 4.25. The molecule has 2 rings (SSSR count). The average molecular weight is 266 g/mol. The van der Waals surface area contributed by atoms with Crippen LogP contribution in [0.15, 0.2) is 24.3 Å². The van der Waals surface area contributed by atoms with Crippen molar-refractivity contribution in [3.63, 3.8) is 0 Å². The van der Waals surface area contributed by atoms with Crippen molar-refractivity contribution in [3.8, 4) is 0 Å². The van der Waals surface area contributed by atoms with Crippen LogP contribution in [-0.4, -0.2) is 12.6 Å². The van der Waals surface area contributed by atoms with E-state index >= 15 is 0 Å². The minimum Gasteiger partial charge on any atom is -0.314 e. The van der Waals surface area contributed by atoms with Gasteiger partial charge in [-0.1, -0.05) is 49.9 Å². The van der Waals surface area contributed by atoms with Gasteiger partial charge in [-0.15, -0.1) is 0 Å². The fourth-order valence-corrected chi connectivity index (χ4v) is 3.34. The summed E-state index contributed by atoms with van der Waals surface area (Å²) in [5, 5.41) is 4.54. The van der Waals surface area contributed by atoms with E-state index in [1.807, 2.05) is 6.07 Å². The average Bonchev–Trinajstić information content (AvgIpc) is 2.56. The summed E-state index contributed by atoms with van der Waals surface area (Å²) < 4.78 is 0. The van der Waals surface area contributed by atoms with Crippen LogP contribution in [0.1, 0.15) is 44.6 Å². The van der Waals surface area contributed by atoms with Crippen molar-refractivity contribution in [2.45, 2.75) is 51.5 Å². The lowest BCUT2D eigenvalue weighted by Gasteiger charge is -2.26. The van der Waals surface area contributed by atoms with Crippen molar-refractivity contribution in [1.29, 1.82) is 0 Å². The topological polar surface area (TPSA) is 12.0 Å². The van der Waals surface area contributed by atoms with Crippen LogP contribution >= 0.6 is 11.6 Å². The second-order valence-corrected chi connectivity index (χ2v) is 5.83. The van der Waals surface area contributed by atoms with E-state index in [2.05, 4.69) is 30.4 Å². The molecule has 0 radical (unpaired) electrons. The standard InChI is InChI=1S/C16H24ClN/c1-2-18-16-10-5-3-4-8-14(16)11-13-7-6-9-15(17)12-13/h6-7,9,12,14,16,18H,2-5,8,10-11H2,1H3. The van der Waals surface area contributed by atoms with Crippen molar-refractivity contribution in [2.24, 2.45) is 5.92 Å². The van der Waals surface area contributed by atoms with E-state index < -0.39 is 0 Å². The smallest absolute Gasteiger partial charge is 0.0408 e. The molecule has 0 aliphatic heterocycles. The summed E-state index contributed by atoms with van der Waals surface area (Å²) in [5.41, 5.74) is 1.39. The molecule has 0 spiro atoms. The molecular formula is C16H24ClN. The molecule has 0 saturated heterocycles. The van der Waals surface area contributed by atoms with Crippen LogP contribution in [-0.2, 0) is 6.42 Å². The molecule has 1 fully saturated rings. The van der Waals surface area contributed by atoms with Crippen LogP contribution < -0.4 is 5.32 Å². The molecule has 0 amide bonds. The van der Waals surface area contributed by atoms with E-state index in [1.165, 1.54) is 37.7 Å². The summed E-state index contributed by atoms with van der Waals surface area (Å²) in [6.45, 7) is 3.29. The van der Waals surface area contributed by atoms with Gasteiger partial charge in [0.05, 0.1) is 0 Å². The Morgan fingerprint density at radius 1 is 1.22 bits per heavy atom. The molecule has 0 bridgehead atoms. The molecule has 0 aromatic heterocycles. The van der Waals surface area contributed by atoms with E-state index in [4.69, 9.17) is 11.6 Å². The van der Waals surface area contributed by atoms with Gasteiger partial charge in [0, 0.05) is 11.1 Å². The van der Waals surface area contributed by atoms with Crippen LogP contribution in [0.25, 0.3) is 0 Å². The second-order valence-electron chi connectivity index (χ2n) is 5.40. The van der Waals surface area contributed by atoms with Crippen LogP contribution in [0.4, 0.5) is 0 Å². The number of halogens is 1. The maximum Gasteiger partial charge on any atom is 0.0408 e. The summed E-state index contributed by atoms with van der Waals surface area (Å²) in [7, 11) is 0. The lowest BCUT2D eigenvalue weighted by atomic mass is 9.88. The van der Waals surface area contributed by atoms with Gasteiger partial charge in [0.15, 0.2) is 0 Å². The molecule has 2 atom stereocenters. The van der Waals surface area contributed by atoms with Gasteiger partial charge in [-0.25, -0.2) is 0 Å². The third-order valence-electron chi connectivity index (χ3n) is 4.01. The van der Waals surface area contributed by atoms with E-state index in [-0.39, 0.29) is 0 Å². The van der Waals surface area contributed by atoms with Gasteiger partial charge in [-0.05, 0) is 49.4 Å². The van der Waals surface area contributed by atoms with E-state index in [1.54, 1.807) is 0 Å². The Morgan fingerprint density at radius 2 is 2.06 bits per heavy atom. The first-order chi connectivity index (χ1) is 8.79. The summed E-state index contributed by atoms with van der Waals surface area (Å²) in [4.78, 5) is 0. The Balaban J connectivity index is 2.03. The Bertz CT molecular complexity index is 364. The van der Waals surface area contributed by atoms with Gasteiger partial charge in [0.1, 0.15) is 0 Å². The molecule has 1 aliphatic carbocycles. The Kier molecular flexibility index (Phi) is 5.52.